The van der Waals surface area contributed by atoms with Crippen LogP contribution in [0, 0.1) is 0 Å². The Bertz CT molecular complexity index is 981. The van der Waals surface area contributed by atoms with Gasteiger partial charge in [-0.15, -0.1) is 0 Å². The molecule has 0 radical (unpaired) electrons. The van der Waals surface area contributed by atoms with E-state index in [2.05, 4.69) is 5.10 Å². The predicted molar refractivity (Wildman–Crippen MR) is 100 cm³/mol. The minimum atomic E-state index is -5.62. The predicted octanol–water partition coefficient (Wildman–Crippen LogP) is 4.36. The van der Waals surface area contributed by atoms with E-state index in [1.807, 2.05) is 0 Å². The molecule has 0 aliphatic carbocycles. The van der Waals surface area contributed by atoms with Gasteiger partial charge >= 0.3 is 15.5 Å². The van der Waals surface area contributed by atoms with Gasteiger partial charge in [0.25, 0.3) is 0 Å². The molecule has 0 aliphatic heterocycles. The normalized spacial score (nSPS) is 12.8. The summed E-state index contributed by atoms with van der Waals surface area (Å²) in [7, 11) is -5.62. The van der Waals surface area contributed by atoms with E-state index >= 15 is 0 Å². The summed E-state index contributed by atoms with van der Waals surface area (Å²) < 4.78 is 62.3. The Balaban J connectivity index is 2.45. The molecule has 27 heavy (non-hydrogen) atoms. The fourth-order valence-electron chi connectivity index (χ4n) is 2.01. The van der Waals surface area contributed by atoms with Gasteiger partial charge in [-0.1, -0.05) is 35.3 Å². The quantitative estimate of drug-likeness (QED) is 0.410. The first-order valence-corrected chi connectivity index (χ1v) is 9.40. The Morgan fingerprint density at radius 1 is 1.19 bits per heavy atom. The van der Waals surface area contributed by atoms with Crippen molar-refractivity contribution in [1.29, 1.82) is 0 Å². The molecule has 3 N–H and O–H groups in total. The Morgan fingerprint density at radius 2 is 1.81 bits per heavy atom. The molecule has 2 aromatic rings. The molecule has 0 heterocycles. The molecule has 0 fully saturated rings. The summed E-state index contributed by atoms with van der Waals surface area (Å²) in [5.74, 6) is 5.83. The highest BCUT2D eigenvalue weighted by Gasteiger charge is 2.46. The number of nitrogens with zero attached hydrogens (tertiary/aromatic N) is 2. The number of halogens is 5. The zero-order valence-electron chi connectivity index (χ0n) is 13.6. The van der Waals surface area contributed by atoms with Crippen LogP contribution >= 0.6 is 23.2 Å². The number of benzene rings is 2. The van der Waals surface area contributed by atoms with Crippen LogP contribution in [0.3, 0.4) is 0 Å². The van der Waals surface area contributed by atoms with Crippen molar-refractivity contribution in [2.75, 3.05) is 9.84 Å². The van der Waals surface area contributed by atoms with Crippen molar-refractivity contribution in [2.24, 2.45) is 10.9 Å². The van der Waals surface area contributed by atoms with Gasteiger partial charge in [-0.2, -0.15) is 31.8 Å². The number of hydrazine groups is 1. The van der Waals surface area contributed by atoms with Crippen LogP contribution in [-0.2, 0) is 10.0 Å². The van der Waals surface area contributed by atoms with Crippen molar-refractivity contribution in [3.05, 3.63) is 58.1 Å². The van der Waals surface area contributed by atoms with Crippen LogP contribution in [0.5, 0.6) is 0 Å². The number of sulfonamides is 1. The van der Waals surface area contributed by atoms with E-state index in [0.29, 0.717) is 10.7 Å². The molecule has 0 atom stereocenters. The third-order valence-electron chi connectivity index (χ3n) is 3.28. The molecule has 6 nitrogen and oxygen atoms in total. The Kier molecular flexibility index (Phi) is 6.25. The van der Waals surface area contributed by atoms with Gasteiger partial charge in [0.1, 0.15) is 0 Å². The number of alkyl halides is 3. The lowest BCUT2D eigenvalue weighted by atomic mass is 10.1. The standard InChI is InChI=1S/C15H13Cl2F3N4O2S/c1-9(22-24(21)14-5-3-2-4-12(14)17)11-8-10(16)6-7-13(11)23-27(25,26)15(18,19)20/h2-8,23H,21H2,1H3/b22-9+. The number of anilines is 2. The van der Waals surface area contributed by atoms with Gasteiger partial charge in [-0.3, -0.25) is 4.72 Å². The minimum Gasteiger partial charge on any atom is -0.275 e. The number of hydrazone groups is 1. The maximum absolute atomic E-state index is 12.7. The number of nitrogens with one attached hydrogen (secondary N) is 1. The van der Waals surface area contributed by atoms with Crippen LogP contribution in [0.2, 0.25) is 10.0 Å². The monoisotopic (exact) mass is 440 g/mol. The average molecular weight is 441 g/mol. The lowest BCUT2D eigenvalue weighted by Crippen LogP contribution is -2.31. The molecule has 2 aromatic carbocycles. The molecule has 0 aliphatic rings. The molecule has 0 unspecified atom stereocenters. The molecule has 0 aromatic heterocycles. The van der Waals surface area contributed by atoms with E-state index in [4.69, 9.17) is 29.0 Å². The maximum Gasteiger partial charge on any atom is 0.516 e. The van der Waals surface area contributed by atoms with Gasteiger partial charge in [0, 0.05) is 10.6 Å². The first-order chi connectivity index (χ1) is 12.4. The molecule has 0 bridgehead atoms. The van der Waals surface area contributed by atoms with E-state index in [0.717, 1.165) is 11.2 Å². The van der Waals surface area contributed by atoms with E-state index in [1.165, 1.54) is 23.8 Å². The molecule has 2 rings (SSSR count). The third kappa shape index (κ3) is 5.04. The molecule has 0 saturated heterocycles. The van der Waals surface area contributed by atoms with E-state index in [-0.39, 0.29) is 22.0 Å². The number of nitrogens with two attached hydrogens (primary N) is 1. The first-order valence-electron chi connectivity index (χ1n) is 7.16. The highest BCUT2D eigenvalue weighted by atomic mass is 35.5. The summed E-state index contributed by atoms with van der Waals surface area (Å²) >= 11 is 11.9. The molecule has 12 heteroatoms. The number of para-hydroxylation sites is 1. The van der Waals surface area contributed by atoms with Gasteiger partial charge in [0.2, 0.25) is 0 Å². The van der Waals surface area contributed by atoms with Gasteiger partial charge in [0.15, 0.2) is 0 Å². The second kappa shape index (κ2) is 7.93. The van der Waals surface area contributed by atoms with Crippen LogP contribution in [0.25, 0.3) is 0 Å². The summed E-state index contributed by atoms with van der Waals surface area (Å²) in [5, 5.41) is 5.41. The van der Waals surface area contributed by atoms with Crippen LogP contribution < -0.4 is 15.7 Å². The molecule has 146 valence electrons. The zero-order chi connectivity index (χ0) is 20.4. The average Bonchev–Trinajstić information content (AvgIpc) is 2.55. The Hall–Kier alpha value is -2.01. The van der Waals surface area contributed by atoms with Crippen molar-refractivity contribution in [1.82, 2.24) is 0 Å². The van der Waals surface area contributed by atoms with Crippen molar-refractivity contribution >= 4 is 50.3 Å². The van der Waals surface area contributed by atoms with Crippen molar-refractivity contribution in [2.45, 2.75) is 12.4 Å². The Morgan fingerprint density at radius 3 is 2.41 bits per heavy atom. The topological polar surface area (TPSA) is 87.8 Å². The zero-order valence-corrected chi connectivity index (χ0v) is 16.0. The van der Waals surface area contributed by atoms with E-state index in [9.17, 15) is 21.6 Å². The lowest BCUT2D eigenvalue weighted by molar-refractivity contribution is -0.0429. The number of hydrogen-bond acceptors (Lipinski definition) is 5. The lowest BCUT2D eigenvalue weighted by Gasteiger charge is -2.17. The smallest absolute Gasteiger partial charge is 0.275 e. The summed E-state index contributed by atoms with van der Waals surface area (Å²) in [6.07, 6.45) is 0. The van der Waals surface area contributed by atoms with Gasteiger partial charge < -0.3 is 0 Å². The summed E-state index contributed by atoms with van der Waals surface area (Å²) in [6.45, 7) is 1.42. The Labute approximate surface area is 163 Å². The van der Waals surface area contributed by atoms with Crippen LogP contribution in [0.4, 0.5) is 24.5 Å². The minimum absolute atomic E-state index is 0.0119. The second-order valence-corrected chi connectivity index (χ2v) is 7.74. The van der Waals surface area contributed by atoms with E-state index in [1.54, 1.807) is 24.3 Å². The number of hydrogen-bond donors (Lipinski definition) is 2. The molecule has 0 spiro atoms. The van der Waals surface area contributed by atoms with Crippen LogP contribution in [-0.4, -0.2) is 19.6 Å². The highest BCUT2D eigenvalue weighted by Crippen LogP contribution is 2.29. The van der Waals surface area contributed by atoms with Crippen molar-refractivity contribution in [3.8, 4) is 0 Å². The fraction of sp³-hybridized carbons (Fsp3) is 0.133. The highest BCUT2D eigenvalue weighted by molar-refractivity contribution is 7.93. The molecular weight excluding hydrogens is 428 g/mol. The summed E-state index contributed by atoms with van der Waals surface area (Å²) in [4.78, 5) is 0. The molecular formula is C15H13Cl2F3N4O2S. The summed E-state index contributed by atoms with van der Waals surface area (Å²) in [6, 6.07) is 10.1. The SMILES string of the molecule is C/C(=N\N(N)c1ccccc1Cl)c1cc(Cl)ccc1NS(=O)(=O)C(F)(F)F. The fourth-order valence-corrected chi connectivity index (χ4v) is 2.99. The van der Waals surface area contributed by atoms with Gasteiger partial charge in [-0.05, 0) is 37.3 Å². The largest absolute Gasteiger partial charge is 0.516 e. The van der Waals surface area contributed by atoms with Crippen LogP contribution in [0.1, 0.15) is 12.5 Å². The third-order valence-corrected chi connectivity index (χ3v) is 4.93. The second-order valence-electron chi connectivity index (χ2n) is 5.22. The number of rotatable bonds is 5. The van der Waals surface area contributed by atoms with Gasteiger partial charge in [0.05, 0.1) is 22.1 Å². The molecule has 0 amide bonds. The molecule has 0 saturated carbocycles. The van der Waals surface area contributed by atoms with E-state index < -0.39 is 15.5 Å². The van der Waals surface area contributed by atoms with Crippen molar-refractivity contribution in [3.63, 3.8) is 0 Å². The van der Waals surface area contributed by atoms with Crippen molar-refractivity contribution < 1.29 is 21.6 Å². The van der Waals surface area contributed by atoms with Crippen LogP contribution in [0.15, 0.2) is 47.6 Å². The first kappa shape index (κ1) is 21.3. The summed E-state index contributed by atoms with van der Waals surface area (Å²) in [5.41, 5.74) is -5.40. The van der Waals surface area contributed by atoms with Gasteiger partial charge in [-0.25, -0.2) is 5.84 Å². The maximum atomic E-state index is 12.7.